The van der Waals surface area contributed by atoms with Crippen LogP contribution in [-0.2, 0) is 16.1 Å². The number of halogens is 1. The lowest BCUT2D eigenvalue weighted by Gasteiger charge is -2.24. The summed E-state index contributed by atoms with van der Waals surface area (Å²) in [6.07, 6.45) is 2.72. The zero-order chi connectivity index (χ0) is 20.8. The van der Waals surface area contributed by atoms with Crippen LogP contribution in [0.3, 0.4) is 0 Å². The molecule has 0 aliphatic rings. The molecule has 0 spiro atoms. The van der Waals surface area contributed by atoms with Gasteiger partial charge in [0.25, 0.3) is 0 Å². The molecule has 0 saturated carbocycles. The molecular formula is C20H13FN4O4. The van der Waals surface area contributed by atoms with Gasteiger partial charge in [-0.15, -0.1) is 0 Å². The van der Waals surface area contributed by atoms with Gasteiger partial charge in [-0.2, -0.15) is 5.26 Å². The summed E-state index contributed by atoms with van der Waals surface area (Å²) in [5.74, 6) is -3.60. The third-order valence-corrected chi connectivity index (χ3v) is 3.85. The van der Waals surface area contributed by atoms with E-state index in [0.717, 1.165) is 5.56 Å². The first-order valence-electron chi connectivity index (χ1n) is 8.25. The molecule has 8 nitrogen and oxygen atoms in total. The van der Waals surface area contributed by atoms with E-state index in [9.17, 15) is 14.0 Å². The van der Waals surface area contributed by atoms with Gasteiger partial charge in [0.05, 0.1) is 29.7 Å². The van der Waals surface area contributed by atoms with Gasteiger partial charge in [0, 0.05) is 12.2 Å². The summed E-state index contributed by atoms with van der Waals surface area (Å²) in [5.41, 5.74) is 2.51. The number of benzene rings is 2. The van der Waals surface area contributed by atoms with Gasteiger partial charge in [-0.05, 0) is 42.0 Å². The predicted molar refractivity (Wildman–Crippen MR) is 98.7 cm³/mol. The molecule has 3 aromatic rings. The quantitative estimate of drug-likeness (QED) is 0.520. The summed E-state index contributed by atoms with van der Waals surface area (Å²) in [4.78, 5) is 31.2. The summed E-state index contributed by atoms with van der Waals surface area (Å²) in [6.45, 7) is 0.337. The maximum absolute atomic E-state index is 13.2. The van der Waals surface area contributed by atoms with Crippen molar-refractivity contribution in [3.8, 4) is 12.1 Å². The van der Waals surface area contributed by atoms with Gasteiger partial charge in [-0.25, -0.2) is 23.9 Å². The standard InChI is InChI=1S/C20H13FN4O4/c21-15-5-1-14(2-6-15)12-25(16-7-3-13(9-22)4-8-16)17-10-23-20(24-11-17)29-19(28)18(26)27/h1-8,10-11H,12H2,(H,26,27). The predicted octanol–water partition coefficient (Wildman–Crippen LogP) is 2.82. The molecule has 1 heterocycles. The van der Waals surface area contributed by atoms with Crippen LogP contribution in [0.25, 0.3) is 0 Å². The van der Waals surface area contributed by atoms with Crippen molar-refractivity contribution in [2.45, 2.75) is 6.54 Å². The molecule has 1 N–H and O–H groups in total. The minimum atomic E-state index is -1.76. The molecule has 2 aromatic carbocycles. The third kappa shape index (κ3) is 4.90. The van der Waals surface area contributed by atoms with Crippen LogP contribution >= 0.6 is 0 Å². The normalized spacial score (nSPS) is 10.1. The van der Waals surface area contributed by atoms with Gasteiger partial charge in [0.15, 0.2) is 0 Å². The number of nitriles is 1. The van der Waals surface area contributed by atoms with Crippen LogP contribution in [0.5, 0.6) is 6.01 Å². The molecule has 0 fully saturated rings. The zero-order valence-electron chi connectivity index (χ0n) is 14.8. The zero-order valence-corrected chi connectivity index (χ0v) is 14.8. The molecular weight excluding hydrogens is 379 g/mol. The number of carbonyl (C=O) groups excluding carboxylic acids is 1. The summed E-state index contributed by atoms with van der Waals surface area (Å²) in [6, 6.07) is 14.4. The Morgan fingerprint density at radius 2 is 1.66 bits per heavy atom. The highest BCUT2D eigenvalue weighted by Crippen LogP contribution is 2.27. The average molecular weight is 392 g/mol. The van der Waals surface area contributed by atoms with Crippen molar-refractivity contribution >= 4 is 23.3 Å². The van der Waals surface area contributed by atoms with Crippen molar-refractivity contribution in [3.63, 3.8) is 0 Å². The van der Waals surface area contributed by atoms with Gasteiger partial charge in [0.2, 0.25) is 0 Å². The number of hydrogen-bond donors (Lipinski definition) is 1. The number of aromatic nitrogens is 2. The number of rotatable bonds is 5. The van der Waals surface area contributed by atoms with E-state index in [1.165, 1.54) is 24.5 Å². The van der Waals surface area contributed by atoms with Crippen LogP contribution in [0, 0.1) is 17.1 Å². The summed E-state index contributed by atoms with van der Waals surface area (Å²) < 4.78 is 17.7. The van der Waals surface area contributed by atoms with E-state index in [4.69, 9.17) is 10.4 Å². The van der Waals surface area contributed by atoms with E-state index in [1.54, 1.807) is 41.3 Å². The van der Waals surface area contributed by atoms with Crippen LogP contribution in [0.2, 0.25) is 0 Å². The van der Waals surface area contributed by atoms with E-state index in [2.05, 4.69) is 14.7 Å². The largest absolute Gasteiger partial charge is 0.473 e. The number of carbonyl (C=O) groups is 2. The molecule has 1 aromatic heterocycles. The Bertz CT molecular complexity index is 1060. The maximum atomic E-state index is 13.2. The van der Waals surface area contributed by atoms with Crippen molar-refractivity contribution in [3.05, 3.63) is 77.9 Å². The monoisotopic (exact) mass is 392 g/mol. The second kappa shape index (κ2) is 8.58. The highest BCUT2D eigenvalue weighted by molar-refractivity contribution is 6.29. The average Bonchev–Trinajstić information content (AvgIpc) is 2.74. The van der Waals surface area contributed by atoms with Crippen molar-refractivity contribution in [1.82, 2.24) is 9.97 Å². The number of hydrogen-bond acceptors (Lipinski definition) is 7. The molecule has 0 radical (unpaired) electrons. The fraction of sp³-hybridized carbons (Fsp3) is 0.0500. The lowest BCUT2D eigenvalue weighted by Crippen LogP contribution is -2.21. The maximum Gasteiger partial charge on any atom is 0.425 e. The van der Waals surface area contributed by atoms with Gasteiger partial charge in [-0.1, -0.05) is 12.1 Å². The van der Waals surface area contributed by atoms with Crippen molar-refractivity contribution in [1.29, 1.82) is 5.26 Å². The minimum Gasteiger partial charge on any atom is -0.473 e. The topological polar surface area (TPSA) is 116 Å². The van der Waals surface area contributed by atoms with Crippen molar-refractivity contribution in [2.75, 3.05) is 4.90 Å². The van der Waals surface area contributed by atoms with Crippen molar-refractivity contribution in [2.24, 2.45) is 0 Å². The molecule has 0 unspecified atom stereocenters. The number of aliphatic carboxylic acids is 1. The Balaban J connectivity index is 1.91. The molecule has 0 saturated heterocycles. The van der Waals surface area contributed by atoms with E-state index in [1.807, 2.05) is 6.07 Å². The summed E-state index contributed by atoms with van der Waals surface area (Å²) >= 11 is 0. The molecule has 3 rings (SSSR count). The Morgan fingerprint density at radius 3 is 2.21 bits per heavy atom. The number of esters is 1. The van der Waals surface area contributed by atoms with E-state index in [-0.39, 0.29) is 5.82 Å². The Labute approximate surface area is 164 Å². The molecule has 0 aliphatic carbocycles. The first-order chi connectivity index (χ1) is 14.0. The Morgan fingerprint density at radius 1 is 1.03 bits per heavy atom. The van der Waals surface area contributed by atoms with Crippen LogP contribution < -0.4 is 9.64 Å². The third-order valence-electron chi connectivity index (χ3n) is 3.85. The number of carboxylic acid groups (broad SMARTS) is 1. The molecule has 29 heavy (non-hydrogen) atoms. The number of carboxylic acids is 1. The smallest absolute Gasteiger partial charge is 0.425 e. The first kappa shape index (κ1) is 19.4. The lowest BCUT2D eigenvalue weighted by atomic mass is 10.1. The molecule has 9 heteroatoms. The van der Waals surface area contributed by atoms with Gasteiger partial charge < -0.3 is 14.7 Å². The van der Waals surface area contributed by atoms with Crippen LogP contribution in [-0.4, -0.2) is 27.0 Å². The van der Waals surface area contributed by atoms with Crippen LogP contribution in [0.15, 0.2) is 60.9 Å². The summed E-state index contributed by atoms with van der Waals surface area (Å²) in [7, 11) is 0. The highest BCUT2D eigenvalue weighted by atomic mass is 19.1. The molecule has 0 atom stereocenters. The van der Waals surface area contributed by atoms with Gasteiger partial charge in [-0.3, -0.25) is 0 Å². The lowest BCUT2D eigenvalue weighted by molar-refractivity contribution is -0.158. The second-order valence-corrected chi connectivity index (χ2v) is 5.79. The van der Waals surface area contributed by atoms with Crippen LogP contribution in [0.1, 0.15) is 11.1 Å². The fourth-order valence-electron chi connectivity index (χ4n) is 2.45. The van der Waals surface area contributed by atoms with Gasteiger partial charge >= 0.3 is 17.9 Å². The second-order valence-electron chi connectivity index (χ2n) is 5.79. The number of nitrogens with zero attached hydrogens (tertiary/aromatic N) is 4. The van der Waals surface area contributed by atoms with Gasteiger partial charge in [0.1, 0.15) is 5.82 Å². The molecule has 0 amide bonds. The Hall–Kier alpha value is -4.32. The Kier molecular flexibility index (Phi) is 5.75. The molecule has 0 bridgehead atoms. The molecule has 0 aliphatic heterocycles. The highest BCUT2D eigenvalue weighted by Gasteiger charge is 2.17. The fourth-order valence-corrected chi connectivity index (χ4v) is 2.45. The van der Waals surface area contributed by atoms with Crippen molar-refractivity contribution < 1.29 is 23.8 Å². The van der Waals surface area contributed by atoms with E-state index < -0.39 is 17.9 Å². The van der Waals surface area contributed by atoms with Crippen LogP contribution in [0.4, 0.5) is 15.8 Å². The SMILES string of the molecule is N#Cc1ccc(N(Cc2ccc(F)cc2)c2cnc(OC(=O)C(=O)O)nc2)cc1. The number of anilines is 2. The number of ether oxygens (including phenoxy) is 1. The van der Waals surface area contributed by atoms with E-state index >= 15 is 0 Å². The minimum absolute atomic E-state index is 0.337. The molecule has 144 valence electrons. The summed E-state index contributed by atoms with van der Waals surface area (Å²) in [5, 5.41) is 17.6. The first-order valence-corrected chi connectivity index (χ1v) is 8.25. The van der Waals surface area contributed by atoms with E-state index in [0.29, 0.717) is 23.5 Å².